The van der Waals surface area contributed by atoms with Crippen molar-refractivity contribution >= 4 is 0 Å². The van der Waals surface area contributed by atoms with Crippen LogP contribution < -0.4 is 10.6 Å². The second-order valence-electron chi connectivity index (χ2n) is 5.14. The molecule has 0 radical (unpaired) electrons. The van der Waals surface area contributed by atoms with Gasteiger partial charge in [0.15, 0.2) is 0 Å². The number of rotatable bonds is 3. The Morgan fingerprint density at radius 1 is 1.37 bits per heavy atom. The summed E-state index contributed by atoms with van der Waals surface area (Å²) >= 11 is 0. The van der Waals surface area contributed by atoms with Crippen molar-refractivity contribution in [3.05, 3.63) is 53.3 Å². The van der Waals surface area contributed by atoms with Gasteiger partial charge in [-0.25, -0.2) is 0 Å². The summed E-state index contributed by atoms with van der Waals surface area (Å²) in [4.78, 5) is 0. The van der Waals surface area contributed by atoms with Crippen LogP contribution in [0.5, 0.6) is 0 Å². The largest absolute Gasteiger partial charge is 0.313 e. The molecule has 0 fully saturated rings. The summed E-state index contributed by atoms with van der Waals surface area (Å²) in [7, 11) is 0. The predicted octanol–water partition coefficient (Wildman–Crippen LogP) is 2.29. The zero-order valence-electron chi connectivity index (χ0n) is 11.2. The topological polar surface area (TPSA) is 52.7 Å². The maximum atomic E-state index is 4.02. The van der Waals surface area contributed by atoms with E-state index in [1.807, 2.05) is 12.4 Å². The van der Waals surface area contributed by atoms with Gasteiger partial charge >= 0.3 is 0 Å². The van der Waals surface area contributed by atoms with Crippen LogP contribution in [0, 0.1) is 0 Å². The lowest BCUT2D eigenvalue weighted by Crippen LogP contribution is -2.25. The summed E-state index contributed by atoms with van der Waals surface area (Å²) < 4.78 is 0. The van der Waals surface area contributed by atoms with Crippen LogP contribution in [0.1, 0.15) is 42.1 Å². The Labute approximate surface area is 113 Å². The first-order valence-electron chi connectivity index (χ1n) is 6.88. The molecule has 0 saturated carbocycles. The fraction of sp³-hybridized carbons (Fsp3) is 0.400. The molecule has 4 heteroatoms. The summed E-state index contributed by atoms with van der Waals surface area (Å²) in [6.07, 6.45) is 4.95. The number of fused-ring (bicyclic) bond motifs is 1. The highest BCUT2D eigenvalue weighted by Gasteiger charge is 2.20. The monoisotopic (exact) mass is 256 g/mol. The fourth-order valence-corrected chi connectivity index (χ4v) is 2.73. The third-order valence-electron chi connectivity index (χ3n) is 3.83. The number of H-pyrrole nitrogens is 1. The van der Waals surface area contributed by atoms with Crippen LogP contribution in [0.25, 0.3) is 0 Å². The minimum atomic E-state index is 0.301. The first-order chi connectivity index (χ1) is 9.34. The Hall–Kier alpha value is -1.65. The van der Waals surface area contributed by atoms with Gasteiger partial charge in [0.1, 0.15) is 0 Å². The van der Waals surface area contributed by atoms with Gasteiger partial charge < -0.3 is 10.6 Å². The summed E-state index contributed by atoms with van der Waals surface area (Å²) in [6, 6.07) is 9.39. The molecule has 0 bridgehead atoms. The van der Waals surface area contributed by atoms with Crippen molar-refractivity contribution in [2.75, 3.05) is 6.54 Å². The normalized spacial score (nSPS) is 20.6. The van der Waals surface area contributed by atoms with Crippen LogP contribution in [-0.4, -0.2) is 16.7 Å². The first-order valence-corrected chi connectivity index (χ1v) is 6.88. The summed E-state index contributed by atoms with van der Waals surface area (Å²) in [5, 5.41) is 14.1. The second kappa shape index (κ2) is 5.55. The van der Waals surface area contributed by atoms with Gasteiger partial charge in [0.2, 0.25) is 0 Å². The molecule has 4 nitrogen and oxygen atoms in total. The van der Waals surface area contributed by atoms with E-state index in [-0.39, 0.29) is 0 Å². The summed E-state index contributed by atoms with van der Waals surface area (Å²) in [6.45, 7) is 4.20. The standard InChI is InChI=1S/C15H20N4/c1-11(13-9-17-18-10-13)19-15-6-7-16-8-12-4-2-3-5-14(12)15/h2-5,9-11,15-16,19H,6-8H2,1H3,(H,17,18). The Morgan fingerprint density at radius 2 is 2.26 bits per heavy atom. The molecule has 0 spiro atoms. The lowest BCUT2D eigenvalue weighted by atomic mass is 9.98. The molecular weight excluding hydrogens is 236 g/mol. The third kappa shape index (κ3) is 2.69. The maximum absolute atomic E-state index is 4.02. The molecule has 19 heavy (non-hydrogen) atoms. The molecule has 1 aromatic carbocycles. The number of hydrogen-bond donors (Lipinski definition) is 3. The van der Waals surface area contributed by atoms with Crippen molar-refractivity contribution in [2.45, 2.75) is 32.0 Å². The van der Waals surface area contributed by atoms with Gasteiger partial charge in [0.25, 0.3) is 0 Å². The molecule has 100 valence electrons. The highest BCUT2D eigenvalue weighted by atomic mass is 15.1. The molecule has 2 atom stereocenters. The van der Waals surface area contributed by atoms with E-state index in [2.05, 4.69) is 52.0 Å². The number of nitrogens with zero attached hydrogens (tertiary/aromatic N) is 1. The number of nitrogens with one attached hydrogen (secondary N) is 3. The number of benzene rings is 1. The zero-order chi connectivity index (χ0) is 13.1. The van der Waals surface area contributed by atoms with Gasteiger partial charge in [-0.05, 0) is 31.0 Å². The highest BCUT2D eigenvalue weighted by molar-refractivity contribution is 5.31. The average Bonchev–Trinajstić information content (AvgIpc) is 2.90. The highest BCUT2D eigenvalue weighted by Crippen LogP contribution is 2.26. The number of aromatic nitrogens is 2. The second-order valence-corrected chi connectivity index (χ2v) is 5.14. The lowest BCUT2D eigenvalue weighted by molar-refractivity contribution is 0.443. The van der Waals surface area contributed by atoms with E-state index >= 15 is 0 Å². The smallest absolute Gasteiger partial charge is 0.0534 e. The van der Waals surface area contributed by atoms with Crippen molar-refractivity contribution in [3.8, 4) is 0 Å². The molecule has 1 aliphatic heterocycles. The summed E-state index contributed by atoms with van der Waals surface area (Å²) in [5.41, 5.74) is 4.02. The fourth-order valence-electron chi connectivity index (χ4n) is 2.73. The van der Waals surface area contributed by atoms with E-state index in [0.717, 1.165) is 19.5 Å². The van der Waals surface area contributed by atoms with E-state index in [9.17, 15) is 0 Å². The number of aromatic amines is 1. The molecule has 3 rings (SSSR count). The van der Waals surface area contributed by atoms with Crippen LogP contribution >= 0.6 is 0 Å². The van der Waals surface area contributed by atoms with Gasteiger partial charge in [-0.2, -0.15) is 5.10 Å². The van der Waals surface area contributed by atoms with Crippen molar-refractivity contribution in [3.63, 3.8) is 0 Å². The van der Waals surface area contributed by atoms with Gasteiger partial charge in [-0.15, -0.1) is 0 Å². The van der Waals surface area contributed by atoms with E-state index in [4.69, 9.17) is 0 Å². The predicted molar refractivity (Wildman–Crippen MR) is 75.6 cm³/mol. The summed E-state index contributed by atoms with van der Waals surface area (Å²) in [5.74, 6) is 0. The molecular formula is C15H20N4. The molecule has 0 amide bonds. The van der Waals surface area contributed by atoms with Gasteiger partial charge in [-0.3, -0.25) is 5.10 Å². The van der Waals surface area contributed by atoms with E-state index in [1.165, 1.54) is 16.7 Å². The van der Waals surface area contributed by atoms with Gasteiger partial charge in [-0.1, -0.05) is 24.3 Å². The Morgan fingerprint density at radius 3 is 3.11 bits per heavy atom. The van der Waals surface area contributed by atoms with Crippen LogP contribution in [0.3, 0.4) is 0 Å². The zero-order valence-corrected chi connectivity index (χ0v) is 11.2. The van der Waals surface area contributed by atoms with Gasteiger partial charge in [0.05, 0.1) is 6.20 Å². The van der Waals surface area contributed by atoms with E-state index in [1.54, 1.807) is 0 Å². The van der Waals surface area contributed by atoms with E-state index in [0.29, 0.717) is 12.1 Å². The average molecular weight is 256 g/mol. The first kappa shape index (κ1) is 12.4. The quantitative estimate of drug-likeness (QED) is 0.790. The van der Waals surface area contributed by atoms with Crippen LogP contribution in [0.4, 0.5) is 0 Å². The number of hydrogen-bond acceptors (Lipinski definition) is 3. The van der Waals surface area contributed by atoms with Gasteiger partial charge in [0, 0.05) is 30.4 Å². The Balaban J connectivity index is 1.80. The molecule has 1 aliphatic rings. The molecule has 0 aliphatic carbocycles. The van der Waals surface area contributed by atoms with Crippen LogP contribution in [0.2, 0.25) is 0 Å². The third-order valence-corrected chi connectivity index (χ3v) is 3.83. The maximum Gasteiger partial charge on any atom is 0.0534 e. The van der Waals surface area contributed by atoms with Crippen molar-refractivity contribution < 1.29 is 0 Å². The van der Waals surface area contributed by atoms with Crippen molar-refractivity contribution in [1.82, 2.24) is 20.8 Å². The van der Waals surface area contributed by atoms with E-state index < -0.39 is 0 Å². The van der Waals surface area contributed by atoms with Crippen molar-refractivity contribution in [1.29, 1.82) is 0 Å². The van der Waals surface area contributed by atoms with Crippen LogP contribution in [0.15, 0.2) is 36.7 Å². The molecule has 3 N–H and O–H groups in total. The SMILES string of the molecule is CC(NC1CCNCc2ccccc21)c1cn[nH]c1. The van der Waals surface area contributed by atoms with Crippen molar-refractivity contribution in [2.24, 2.45) is 0 Å². The lowest BCUT2D eigenvalue weighted by Gasteiger charge is -2.23. The molecule has 2 heterocycles. The molecule has 0 saturated heterocycles. The minimum absolute atomic E-state index is 0.301. The molecule has 2 unspecified atom stereocenters. The minimum Gasteiger partial charge on any atom is -0.313 e. The Bertz CT molecular complexity index is 521. The Kier molecular flexibility index (Phi) is 3.62. The molecule has 2 aromatic rings. The van der Waals surface area contributed by atoms with Crippen LogP contribution in [-0.2, 0) is 6.54 Å². The molecule has 1 aromatic heterocycles.